The van der Waals surface area contributed by atoms with E-state index in [1.54, 1.807) is 17.3 Å². The fourth-order valence-corrected chi connectivity index (χ4v) is 4.48. The number of nitrogens with one attached hydrogen (secondary N) is 1. The van der Waals surface area contributed by atoms with Crippen LogP contribution in [0.15, 0.2) is 15.4 Å². The Morgan fingerprint density at radius 1 is 1.43 bits per heavy atom. The molecule has 0 aliphatic carbocycles. The van der Waals surface area contributed by atoms with Crippen molar-refractivity contribution in [3.8, 4) is 0 Å². The molecule has 0 bridgehead atoms. The highest BCUT2D eigenvalue weighted by Crippen LogP contribution is 2.34. The summed E-state index contributed by atoms with van der Waals surface area (Å²) in [7, 11) is -3.44. The van der Waals surface area contributed by atoms with E-state index in [1.165, 1.54) is 0 Å². The first-order chi connectivity index (χ1) is 9.76. The number of rotatable bonds is 6. The van der Waals surface area contributed by atoms with Crippen LogP contribution in [0, 0.1) is 12.3 Å². The van der Waals surface area contributed by atoms with Crippen LogP contribution in [-0.4, -0.2) is 32.4 Å². The summed E-state index contributed by atoms with van der Waals surface area (Å²) in [5, 5.41) is 3.22. The molecule has 2 rings (SSSR count). The SMILES string of the molecule is CCCNCc1cc(S(=O)(=O)N2CCC(C)(C)C2)c(C)o1. The Bertz CT molecular complexity index is 590. The molecule has 0 atom stereocenters. The zero-order chi connectivity index (χ0) is 15.7. The van der Waals surface area contributed by atoms with Crippen LogP contribution in [0.5, 0.6) is 0 Å². The van der Waals surface area contributed by atoms with Crippen molar-refractivity contribution in [3.63, 3.8) is 0 Å². The van der Waals surface area contributed by atoms with Gasteiger partial charge in [0, 0.05) is 19.2 Å². The summed E-state index contributed by atoms with van der Waals surface area (Å²) in [5.41, 5.74) is 0.0518. The molecule has 2 heterocycles. The average molecular weight is 314 g/mol. The smallest absolute Gasteiger partial charge is 0.246 e. The predicted molar refractivity (Wildman–Crippen MR) is 82.6 cm³/mol. The third-order valence-electron chi connectivity index (χ3n) is 3.91. The number of aryl methyl sites for hydroxylation is 1. The maximum absolute atomic E-state index is 12.7. The molecule has 1 aliphatic rings. The van der Waals surface area contributed by atoms with E-state index >= 15 is 0 Å². The monoisotopic (exact) mass is 314 g/mol. The van der Waals surface area contributed by atoms with Crippen LogP contribution in [-0.2, 0) is 16.6 Å². The molecular weight excluding hydrogens is 288 g/mol. The first-order valence-corrected chi connectivity index (χ1v) is 9.00. The van der Waals surface area contributed by atoms with Crippen molar-refractivity contribution < 1.29 is 12.8 Å². The summed E-state index contributed by atoms with van der Waals surface area (Å²) >= 11 is 0. The quantitative estimate of drug-likeness (QED) is 0.820. The summed E-state index contributed by atoms with van der Waals surface area (Å²) in [6, 6.07) is 1.67. The van der Waals surface area contributed by atoms with Crippen molar-refractivity contribution in [2.45, 2.75) is 52.0 Å². The van der Waals surface area contributed by atoms with Gasteiger partial charge in [-0.15, -0.1) is 0 Å². The Morgan fingerprint density at radius 3 is 2.71 bits per heavy atom. The van der Waals surface area contributed by atoms with E-state index < -0.39 is 10.0 Å². The van der Waals surface area contributed by atoms with E-state index in [4.69, 9.17) is 4.42 Å². The molecule has 1 saturated heterocycles. The Labute approximate surface area is 127 Å². The van der Waals surface area contributed by atoms with Gasteiger partial charge in [-0.3, -0.25) is 0 Å². The van der Waals surface area contributed by atoms with Gasteiger partial charge in [-0.2, -0.15) is 4.31 Å². The molecule has 0 amide bonds. The van der Waals surface area contributed by atoms with Crippen molar-refractivity contribution in [3.05, 3.63) is 17.6 Å². The Hall–Kier alpha value is -0.850. The Balaban J connectivity index is 2.17. The molecule has 6 heteroatoms. The first-order valence-electron chi connectivity index (χ1n) is 7.56. The van der Waals surface area contributed by atoms with Crippen molar-refractivity contribution in [2.24, 2.45) is 5.41 Å². The van der Waals surface area contributed by atoms with E-state index in [0.29, 0.717) is 36.1 Å². The zero-order valence-electron chi connectivity index (χ0n) is 13.4. The molecule has 1 aromatic rings. The minimum atomic E-state index is -3.44. The first kappa shape index (κ1) is 16.5. The fraction of sp³-hybridized carbons (Fsp3) is 0.733. The van der Waals surface area contributed by atoms with Crippen LogP contribution in [0.1, 0.15) is 45.1 Å². The molecular formula is C15H26N2O3S. The molecule has 0 spiro atoms. The standard InChI is InChI=1S/C15H26N2O3S/c1-5-7-16-10-13-9-14(12(2)20-13)21(18,19)17-8-6-15(3,4)11-17/h9,16H,5-8,10-11H2,1-4H3. The van der Waals surface area contributed by atoms with Gasteiger partial charge in [-0.25, -0.2) is 8.42 Å². The van der Waals surface area contributed by atoms with Gasteiger partial charge in [0.15, 0.2) is 0 Å². The summed E-state index contributed by atoms with van der Waals surface area (Å²) in [6.07, 6.45) is 1.93. The van der Waals surface area contributed by atoms with E-state index in [0.717, 1.165) is 19.4 Å². The third kappa shape index (κ3) is 3.67. The molecule has 1 fully saturated rings. The zero-order valence-corrected chi connectivity index (χ0v) is 14.2. The van der Waals surface area contributed by atoms with Gasteiger partial charge in [-0.05, 0) is 31.7 Å². The summed E-state index contributed by atoms with van der Waals surface area (Å²) in [5.74, 6) is 1.16. The lowest BCUT2D eigenvalue weighted by Gasteiger charge is -2.19. The van der Waals surface area contributed by atoms with Crippen molar-refractivity contribution in [1.82, 2.24) is 9.62 Å². The molecule has 0 unspecified atom stereocenters. The van der Waals surface area contributed by atoms with E-state index in [9.17, 15) is 8.42 Å². The highest BCUT2D eigenvalue weighted by Gasteiger charge is 2.38. The van der Waals surface area contributed by atoms with Crippen LogP contribution in [0.2, 0.25) is 0 Å². The van der Waals surface area contributed by atoms with E-state index in [1.807, 2.05) is 0 Å². The Kier molecular flexibility index (Phi) is 4.80. The van der Waals surface area contributed by atoms with Crippen LogP contribution in [0.25, 0.3) is 0 Å². The van der Waals surface area contributed by atoms with Crippen LogP contribution in [0.3, 0.4) is 0 Å². The van der Waals surface area contributed by atoms with Crippen molar-refractivity contribution in [2.75, 3.05) is 19.6 Å². The summed E-state index contributed by atoms with van der Waals surface area (Å²) in [4.78, 5) is 0.313. The fourth-order valence-electron chi connectivity index (χ4n) is 2.66. The molecule has 0 radical (unpaired) electrons. The normalized spacial score (nSPS) is 19.2. The second kappa shape index (κ2) is 6.10. The van der Waals surface area contributed by atoms with E-state index in [2.05, 4.69) is 26.1 Å². The number of nitrogens with zero attached hydrogens (tertiary/aromatic N) is 1. The lowest BCUT2D eigenvalue weighted by molar-refractivity contribution is 0.375. The van der Waals surface area contributed by atoms with Gasteiger partial charge in [-0.1, -0.05) is 20.8 Å². The molecule has 1 aromatic heterocycles. The van der Waals surface area contributed by atoms with Crippen molar-refractivity contribution >= 4 is 10.0 Å². The molecule has 1 N–H and O–H groups in total. The number of furan rings is 1. The number of hydrogen-bond acceptors (Lipinski definition) is 4. The highest BCUT2D eigenvalue weighted by atomic mass is 32.2. The summed E-state index contributed by atoms with van der Waals surface area (Å²) in [6.45, 7) is 10.6. The second-order valence-corrected chi connectivity index (χ2v) is 8.47. The lowest BCUT2D eigenvalue weighted by Crippen LogP contribution is -2.30. The topological polar surface area (TPSA) is 62.6 Å². The molecule has 21 heavy (non-hydrogen) atoms. The largest absolute Gasteiger partial charge is 0.464 e. The van der Waals surface area contributed by atoms with Gasteiger partial charge >= 0.3 is 0 Å². The van der Waals surface area contributed by atoms with Gasteiger partial charge in [0.1, 0.15) is 16.4 Å². The molecule has 120 valence electrons. The maximum Gasteiger partial charge on any atom is 0.246 e. The van der Waals surface area contributed by atoms with Gasteiger partial charge in [0.05, 0.1) is 6.54 Å². The minimum absolute atomic E-state index is 0.0518. The minimum Gasteiger partial charge on any atom is -0.464 e. The van der Waals surface area contributed by atoms with Gasteiger partial charge in [0.25, 0.3) is 0 Å². The van der Waals surface area contributed by atoms with E-state index in [-0.39, 0.29) is 5.41 Å². The predicted octanol–water partition coefficient (Wildman–Crippen LogP) is 2.51. The average Bonchev–Trinajstić information content (AvgIpc) is 2.93. The van der Waals surface area contributed by atoms with Crippen LogP contribution < -0.4 is 5.32 Å². The molecule has 5 nitrogen and oxygen atoms in total. The lowest BCUT2D eigenvalue weighted by atomic mass is 9.93. The molecule has 0 saturated carbocycles. The van der Waals surface area contributed by atoms with Crippen LogP contribution in [0.4, 0.5) is 0 Å². The number of sulfonamides is 1. The third-order valence-corrected chi connectivity index (χ3v) is 5.86. The highest BCUT2D eigenvalue weighted by molar-refractivity contribution is 7.89. The number of hydrogen-bond donors (Lipinski definition) is 1. The van der Waals surface area contributed by atoms with Gasteiger partial charge in [0.2, 0.25) is 10.0 Å². The summed E-state index contributed by atoms with van der Waals surface area (Å²) < 4.78 is 32.6. The Morgan fingerprint density at radius 2 is 2.14 bits per heavy atom. The molecule has 1 aliphatic heterocycles. The second-order valence-electron chi connectivity index (χ2n) is 6.56. The molecule has 0 aromatic carbocycles. The van der Waals surface area contributed by atoms with Crippen molar-refractivity contribution in [1.29, 1.82) is 0 Å². The van der Waals surface area contributed by atoms with Crippen LogP contribution >= 0.6 is 0 Å². The maximum atomic E-state index is 12.7. The van der Waals surface area contributed by atoms with Gasteiger partial charge < -0.3 is 9.73 Å².